The lowest BCUT2D eigenvalue weighted by Crippen LogP contribution is -2.26. The van der Waals surface area contributed by atoms with Gasteiger partial charge in [0, 0.05) is 23.3 Å². The molecule has 0 unspecified atom stereocenters. The number of benzene rings is 1. The molecule has 23 heavy (non-hydrogen) atoms. The fraction of sp³-hybridized carbons (Fsp3) is 0.235. The van der Waals surface area contributed by atoms with Crippen molar-refractivity contribution in [2.45, 2.75) is 25.8 Å². The summed E-state index contributed by atoms with van der Waals surface area (Å²) in [6, 6.07) is 9.71. The van der Waals surface area contributed by atoms with Crippen molar-refractivity contribution in [3.63, 3.8) is 0 Å². The number of rotatable bonds is 5. The Labute approximate surface area is 138 Å². The van der Waals surface area contributed by atoms with Gasteiger partial charge >= 0.3 is 0 Å². The van der Waals surface area contributed by atoms with E-state index in [1.807, 2.05) is 30.5 Å². The third-order valence-corrected chi connectivity index (χ3v) is 4.42. The molecule has 6 heteroatoms. The first-order valence-electron chi connectivity index (χ1n) is 7.36. The molecule has 116 valence electrons. The molecular formula is C17H16N4OS. The van der Waals surface area contributed by atoms with E-state index >= 15 is 0 Å². The molecule has 1 saturated carbocycles. The third-order valence-electron chi connectivity index (χ3n) is 3.43. The zero-order valence-electron chi connectivity index (χ0n) is 12.7. The molecule has 0 bridgehead atoms. The first kappa shape index (κ1) is 15.3. The molecule has 2 N–H and O–H groups in total. The monoisotopic (exact) mass is 324 g/mol. The number of aromatic nitrogens is 1. The molecule has 1 aromatic heterocycles. The average Bonchev–Trinajstić information content (AvgIpc) is 3.27. The molecular weight excluding hydrogens is 308 g/mol. The van der Waals surface area contributed by atoms with E-state index < -0.39 is 0 Å². The van der Waals surface area contributed by atoms with Gasteiger partial charge in [0.1, 0.15) is 16.6 Å². The maximum absolute atomic E-state index is 12.3. The highest BCUT2D eigenvalue weighted by molar-refractivity contribution is 7.10. The molecule has 2 aromatic rings. The van der Waals surface area contributed by atoms with Crippen LogP contribution in [0.25, 0.3) is 5.57 Å². The summed E-state index contributed by atoms with van der Waals surface area (Å²) in [5, 5.41) is 17.9. The van der Waals surface area contributed by atoms with Gasteiger partial charge < -0.3 is 10.6 Å². The van der Waals surface area contributed by atoms with E-state index in [1.54, 1.807) is 12.3 Å². The Morgan fingerprint density at radius 1 is 1.43 bits per heavy atom. The summed E-state index contributed by atoms with van der Waals surface area (Å²) in [6.07, 6.45) is 3.69. The van der Waals surface area contributed by atoms with Gasteiger partial charge in [0.25, 0.3) is 5.91 Å². The summed E-state index contributed by atoms with van der Waals surface area (Å²) in [6.45, 7) is 1.89. The zero-order valence-corrected chi connectivity index (χ0v) is 13.5. The van der Waals surface area contributed by atoms with E-state index in [9.17, 15) is 10.1 Å². The Balaban J connectivity index is 1.80. The molecule has 0 spiro atoms. The van der Waals surface area contributed by atoms with Gasteiger partial charge in [-0.05, 0) is 31.9 Å². The van der Waals surface area contributed by atoms with Crippen molar-refractivity contribution >= 4 is 28.5 Å². The van der Waals surface area contributed by atoms with Crippen LogP contribution in [0.1, 0.15) is 33.9 Å². The van der Waals surface area contributed by atoms with Crippen molar-refractivity contribution < 1.29 is 4.79 Å². The van der Waals surface area contributed by atoms with E-state index in [0.29, 0.717) is 27.9 Å². The van der Waals surface area contributed by atoms with E-state index in [-0.39, 0.29) is 5.91 Å². The number of anilines is 1. The highest BCUT2D eigenvalue weighted by Crippen LogP contribution is 2.23. The molecule has 1 aliphatic rings. The van der Waals surface area contributed by atoms with E-state index in [0.717, 1.165) is 18.5 Å². The summed E-state index contributed by atoms with van der Waals surface area (Å²) in [5.41, 5.74) is 2.57. The predicted molar refractivity (Wildman–Crippen MR) is 91.0 cm³/mol. The molecule has 1 amide bonds. The van der Waals surface area contributed by atoms with Gasteiger partial charge in [-0.25, -0.2) is 4.98 Å². The lowest BCUT2D eigenvalue weighted by Gasteiger charge is -2.09. The van der Waals surface area contributed by atoms with Crippen LogP contribution < -0.4 is 10.6 Å². The topological polar surface area (TPSA) is 77.8 Å². The highest BCUT2D eigenvalue weighted by atomic mass is 32.1. The van der Waals surface area contributed by atoms with Crippen LogP contribution >= 0.6 is 11.3 Å². The van der Waals surface area contributed by atoms with Gasteiger partial charge in [0.05, 0.1) is 11.3 Å². The summed E-state index contributed by atoms with van der Waals surface area (Å²) < 4.78 is 0. The molecule has 0 aliphatic heterocycles. The first-order valence-corrected chi connectivity index (χ1v) is 8.24. The molecule has 0 atom stereocenters. The van der Waals surface area contributed by atoms with Crippen LogP contribution in [0.5, 0.6) is 0 Å². The Morgan fingerprint density at radius 2 is 2.22 bits per heavy atom. The molecule has 0 saturated heterocycles. The summed E-state index contributed by atoms with van der Waals surface area (Å²) in [7, 11) is 0. The first-order chi connectivity index (χ1) is 11.2. The fourth-order valence-electron chi connectivity index (χ4n) is 2.07. The lowest BCUT2D eigenvalue weighted by atomic mass is 10.1. The van der Waals surface area contributed by atoms with Crippen molar-refractivity contribution in [1.82, 2.24) is 10.3 Å². The number of carbonyl (C=O) groups is 1. The second kappa shape index (κ2) is 6.63. The van der Waals surface area contributed by atoms with Gasteiger partial charge in [-0.15, -0.1) is 11.3 Å². The van der Waals surface area contributed by atoms with Crippen molar-refractivity contribution in [2.75, 3.05) is 5.32 Å². The van der Waals surface area contributed by atoms with Crippen molar-refractivity contribution in [3.05, 3.63) is 52.1 Å². The van der Waals surface area contributed by atoms with Crippen molar-refractivity contribution in [1.29, 1.82) is 5.26 Å². The van der Waals surface area contributed by atoms with Crippen LogP contribution in [-0.4, -0.2) is 16.9 Å². The minimum absolute atomic E-state index is 0.0902. The predicted octanol–water partition coefficient (Wildman–Crippen LogP) is 3.32. The van der Waals surface area contributed by atoms with Gasteiger partial charge in [-0.2, -0.15) is 5.26 Å². The second-order valence-corrected chi connectivity index (χ2v) is 6.26. The molecule has 5 nitrogen and oxygen atoms in total. The summed E-state index contributed by atoms with van der Waals surface area (Å²) in [5.74, 6) is -0.0902. The average molecular weight is 324 g/mol. The number of nitriles is 1. The normalized spacial score (nSPS) is 14.2. The van der Waals surface area contributed by atoms with Crippen molar-refractivity contribution in [2.24, 2.45) is 0 Å². The summed E-state index contributed by atoms with van der Waals surface area (Å²) >= 11 is 1.42. The number of carbonyl (C=O) groups excluding carboxylic acids is 1. The van der Waals surface area contributed by atoms with Gasteiger partial charge in [0.15, 0.2) is 0 Å². The Kier molecular flexibility index (Phi) is 4.40. The minimum atomic E-state index is -0.0902. The number of nitrogens with zero attached hydrogens (tertiary/aromatic N) is 2. The largest absolute Gasteiger partial charge is 0.360 e. The number of hydrogen-bond acceptors (Lipinski definition) is 5. The number of nitrogens with one attached hydrogen (secondary N) is 2. The lowest BCUT2D eigenvalue weighted by molar-refractivity contribution is 0.0952. The maximum atomic E-state index is 12.3. The Morgan fingerprint density at radius 3 is 2.87 bits per heavy atom. The second-order valence-electron chi connectivity index (χ2n) is 5.40. The number of allylic oxidation sites excluding steroid dienone is 1. The number of thiazole rings is 1. The summed E-state index contributed by atoms with van der Waals surface area (Å²) in [4.78, 5) is 16.6. The van der Waals surface area contributed by atoms with Crippen LogP contribution in [0, 0.1) is 18.3 Å². The third kappa shape index (κ3) is 3.76. The Hall–Kier alpha value is -2.65. The molecule has 1 heterocycles. The maximum Gasteiger partial charge on any atom is 0.253 e. The fourth-order valence-corrected chi connectivity index (χ4v) is 2.83. The zero-order chi connectivity index (χ0) is 16.2. The van der Waals surface area contributed by atoms with Crippen LogP contribution in [0.4, 0.5) is 5.69 Å². The number of amides is 1. The Bertz CT molecular complexity index is 799. The molecule has 1 fully saturated rings. The molecule has 1 aliphatic carbocycles. The number of hydrogen-bond donors (Lipinski definition) is 2. The SMILES string of the molecule is Cc1csc(/C(C#N)=C/Nc2ccccc2C(=O)NC2CC2)n1. The van der Waals surface area contributed by atoms with Gasteiger partial charge in [-0.1, -0.05) is 12.1 Å². The van der Waals surface area contributed by atoms with E-state index in [4.69, 9.17) is 0 Å². The van der Waals surface area contributed by atoms with Crippen LogP contribution in [0.2, 0.25) is 0 Å². The number of aryl methyl sites for hydroxylation is 1. The van der Waals surface area contributed by atoms with Crippen LogP contribution in [0.3, 0.4) is 0 Å². The standard InChI is InChI=1S/C17H16N4OS/c1-11-10-23-17(20-11)12(8-18)9-19-15-5-3-2-4-14(15)16(22)21-13-6-7-13/h2-5,9-10,13,19H,6-7H2,1H3,(H,21,22)/b12-9+. The quantitative estimate of drug-likeness (QED) is 0.827. The molecule has 0 radical (unpaired) electrons. The van der Waals surface area contributed by atoms with Crippen LogP contribution in [-0.2, 0) is 0 Å². The highest BCUT2D eigenvalue weighted by Gasteiger charge is 2.24. The van der Waals surface area contributed by atoms with E-state index in [2.05, 4.69) is 21.7 Å². The smallest absolute Gasteiger partial charge is 0.253 e. The van der Waals surface area contributed by atoms with Gasteiger partial charge in [-0.3, -0.25) is 4.79 Å². The molecule has 1 aromatic carbocycles. The number of para-hydroxylation sites is 1. The van der Waals surface area contributed by atoms with Crippen LogP contribution in [0.15, 0.2) is 35.8 Å². The van der Waals surface area contributed by atoms with Gasteiger partial charge in [0.2, 0.25) is 0 Å². The minimum Gasteiger partial charge on any atom is -0.360 e. The molecule has 3 rings (SSSR count). The van der Waals surface area contributed by atoms with E-state index in [1.165, 1.54) is 11.3 Å². The van der Waals surface area contributed by atoms with Crippen molar-refractivity contribution in [3.8, 4) is 6.07 Å².